The Hall–Kier alpha value is -1.88. The molecule has 180 valence electrons. The van der Waals surface area contributed by atoms with Gasteiger partial charge in [-0.15, -0.1) is 0 Å². The van der Waals surface area contributed by atoms with Gasteiger partial charge in [-0.2, -0.15) is 17.0 Å². The highest BCUT2D eigenvalue weighted by atomic mass is 32.2. The Bertz CT molecular complexity index is 847. The number of benzene rings is 1. The first-order chi connectivity index (χ1) is 15.3. The van der Waals surface area contributed by atoms with Crippen LogP contribution < -0.4 is 9.47 Å². The molecule has 1 aromatic rings. The number of amides is 1. The van der Waals surface area contributed by atoms with Crippen LogP contribution in [0, 0.1) is 0 Å². The van der Waals surface area contributed by atoms with Gasteiger partial charge < -0.3 is 19.1 Å². The molecule has 0 aliphatic carbocycles. The molecule has 0 bridgehead atoms. The second-order valence-electron chi connectivity index (χ2n) is 8.19. The van der Waals surface area contributed by atoms with Gasteiger partial charge in [0.1, 0.15) is 0 Å². The SMILES string of the molecule is CCOc1ccccc1OCCCC(=O)N1CCN(S(=O)(=O)N2CC(C)OC(C)C2)CC1. The molecule has 1 aromatic carbocycles. The number of hydrogen-bond donors (Lipinski definition) is 0. The van der Waals surface area contributed by atoms with Crippen molar-refractivity contribution in [3.8, 4) is 11.5 Å². The van der Waals surface area contributed by atoms with Crippen molar-refractivity contribution >= 4 is 16.1 Å². The van der Waals surface area contributed by atoms with Crippen molar-refractivity contribution in [3.63, 3.8) is 0 Å². The summed E-state index contributed by atoms with van der Waals surface area (Å²) in [6.45, 7) is 8.81. The van der Waals surface area contributed by atoms with Crippen molar-refractivity contribution in [3.05, 3.63) is 24.3 Å². The summed E-state index contributed by atoms with van der Waals surface area (Å²) in [7, 11) is -3.54. The summed E-state index contributed by atoms with van der Waals surface area (Å²) >= 11 is 0. The fourth-order valence-electron chi connectivity index (χ4n) is 4.06. The molecule has 0 aromatic heterocycles. The van der Waals surface area contributed by atoms with E-state index in [4.69, 9.17) is 14.2 Å². The molecule has 32 heavy (non-hydrogen) atoms. The highest BCUT2D eigenvalue weighted by molar-refractivity contribution is 7.86. The van der Waals surface area contributed by atoms with E-state index < -0.39 is 10.2 Å². The summed E-state index contributed by atoms with van der Waals surface area (Å²) in [6, 6.07) is 7.48. The van der Waals surface area contributed by atoms with E-state index in [1.54, 1.807) is 4.90 Å². The predicted octanol–water partition coefficient (Wildman–Crippen LogP) is 1.74. The molecular weight excluding hydrogens is 434 g/mol. The summed E-state index contributed by atoms with van der Waals surface area (Å²) in [6.07, 6.45) is 0.696. The van der Waals surface area contributed by atoms with Crippen molar-refractivity contribution < 1.29 is 27.4 Å². The third-order valence-corrected chi connectivity index (χ3v) is 7.54. The van der Waals surface area contributed by atoms with Crippen LogP contribution in [0.25, 0.3) is 0 Å². The maximum absolute atomic E-state index is 13.0. The fraction of sp³-hybridized carbons (Fsp3) is 0.682. The van der Waals surface area contributed by atoms with Crippen LogP contribution in [0.4, 0.5) is 0 Å². The van der Waals surface area contributed by atoms with Crippen molar-refractivity contribution in [1.82, 2.24) is 13.5 Å². The first-order valence-corrected chi connectivity index (χ1v) is 12.7. The topological polar surface area (TPSA) is 88.6 Å². The fourth-order valence-corrected chi connectivity index (χ4v) is 5.81. The van der Waals surface area contributed by atoms with E-state index in [2.05, 4.69) is 0 Å². The smallest absolute Gasteiger partial charge is 0.282 e. The quantitative estimate of drug-likeness (QED) is 0.512. The molecule has 0 N–H and O–H groups in total. The van der Waals surface area contributed by atoms with Gasteiger partial charge in [-0.05, 0) is 39.3 Å². The lowest BCUT2D eigenvalue weighted by molar-refractivity contribution is -0.132. The largest absolute Gasteiger partial charge is 0.490 e. The van der Waals surface area contributed by atoms with Crippen LogP contribution >= 0.6 is 0 Å². The van der Waals surface area contributed by atoms with E-state index >= 15 is 0 Å². The Kier molecular flexibility index (Phi) is 8.75. The van der Waals surface area contributed by atoms with Gasteiger partial charge in [-0.3, -0.25) is 4.79 Å². The minimum absolute atomic E-state index is 0.0253. The number of ether oxygens (including phenoxy) is 3. The second-order valence-corrected chi connectivity index (χ2v) is 10.1. The number of nitrogens with zero attached hydrogens (tertiary/aromatic N) is 3. The van der Waals surface area contributed by atoms with E-state index in [0.717, 1.165) is 0 Å². The summed E-state index contributed by atoms with van der Waals surface area (Å²) < 4.78 is 45.9. The van der Waals surface area contributed by atoms with E-state index in [9.17, 15) is 13.2 Å². The minimum Gasteiger partial charge on any atom is -0.490 e. The average Bonchev–Trinajstić information content (AvgIpc) is 2.77. The number of morpholine rings is 1. The van der Waals surface area contributed by atoms with E-state index in [1.807, 2.05) is 45.0 Å². The maximum atomic E-state index is 13.0. The molecule has 2 saturated heterocycles. The number of rotatable bonds is 9. The monoisotopic (exact) mass is 469 g/mol. The first kappa shape index (κ1) is 24.8. The van der Waals surface area contributed by atoms with Gasteiger partial charge >= 0.3 is 0 Å². The van der Waals surface area contributed by atoms with Gasteiger partial charge in [0.15, 0.2) is 11.5 Å². The third-order valence-electron chi connectivity index (χ3n) is 5.57. The molecule has 2 aliphatic heterocycles. The van der Waals surface area contributed by atoms with Gasteiger partial charge in [0.2, 0.25) is 5.91 Å². The van der Waals surface area contributed by atoms with Crippen molar-refractivity contribution in [2.24, 2.45) is 0 Å². The Morgan fingerprint density at radius 2 is 1.59 bits per heavy atom. The molecule has 2 atom stereocenters. The van der Waals surface area contributed by atoms with Gasteiger partial charge in [-0.1, -0.05) is 12.1 Å². The lowest BCUT2D eigenvalue weighted by Crippen LogP contribution is -2.57. The van der Waals surface area contributed by atoms with Gasteiger partial charge in [-0.25, -0.2) is 0 Å². The average molecular weight is 470 g/mol. The Balaban J connectivity index is 1.42. The second kappa shape index (κ2) is 11.3. The summed E-state index contributed by atoms with van der Waals surface area (Å²) in [5.74, 6) is 1.40. The summed E-state index contributed by atoms with van der Waals surface area (Å²) in [5, 5.41) is 0. The molecule has 9 nitrogen and oxygen atoms in total. The van der Waals surface area contributed by atoms with Crippen LogP contribution in [0.15, 0.2) is 24.3 Å². The molecule has 2 fully saturated rings. The summed E-state index contributed by atoms with van der Waals surface area (Å²) in [4.78, 5) is 14.3. The number of hydrogen-bond acceptors (Lipinski definition) is 6. The zero-order valence-electron chi connectivity index (χ0n) is 19.2. The molecule has 0 spiro atoms. The van der Waals surface area contributed by atoms with Crippen LogP contribution in [0.2, 0.25) is 0 Å². The normalized spacial score (nSPS) is 23.2. The number of carbonyl (C=O) groups is 1. The summed E-state index contributed by atoms with van der Waals surface area (Å²) in [5.41, 5.74) is 0. The number of piperazine rings is 1. The van der Waals surface area contributed by atoms with Gasteiger partial charge in [0.25, 0.3) is 10.2 Å². The van der Waals surface area contributed by atoms with E-state index in [0.29, 0.717) is 76.8 Å². The highest BCUT2D eigenvalue weighted by Crippen LogP contribution is 2.26. The Morgan fingerprint density at radius 1 is 1.00 bits per heavy atom. The molecule has 10 heteroatoms. The zero-order chi connectivity index (χ0) is 23.1. The molecule has 0 radical (unpaired) electrons. The zero-order valence-corrected chi connectivity index (χ0v) is 20.1. The van der Waals surface area contributed by atoms with E-state index in [1.165, 1.54) is 8.61 Å². The predicted molar refractivity (Wildman–Crippen MR) is 121 cm³/mol. The van der Waals surface area contributed by atoms with Crippen LogP contribution in [-0.2, 0) is 19.7 Å². The Morgan fingerprint density at radius 3 is 2.19 bits per heavy atom. The number of carbonyl (C=O) groups excluding carboxylic acids is 1. The molecule has 1 amide bonds. The van der Waals surface area contributed by atoms with Crippen molar-refractivity contribution in [2.45, 2.75) is 45.8 Å². The molecular formula is C22H35N3O6S. The lowest BCUT2D eigenvalue weighted by Gasteiger charge is -2.40. The number of para-hydroxylation sites is 2. The van der Waals surface area contributed by atoms with Crippen LogP contribution in [0.1, 0.15) is 33.6 Å². The Labute approximate surface area is 191 Å². The van der Waals surface area contributed by atoms with E-state index in [-0.39, 0.29) is 18.1 Å². The first-order valence-electron chi connectivity index (χ1n) is 11.3. The highest BCUT2D eigenvalue weighted by Gasteiger charge is 2.37. The molecule has 3 rings (SSSR count). The molecule has 2 unspecified atom stereocenters. The molecule has 2 heterocycles. The molecule has 2 aliphatic rings. The lowest BCUT2D eigenvalue weighted by atomic mass is 10.2. The third kappa shape index (κ3) is 6.34. The standard InChI is InChI=1S/C22H35N3O6S/c1-4-29-20-8-5-6-9-21(20)30-15-7-10-22(26)23-11-13-24(14-12-23)32(27,28)25-16-18(2)31-19(3)17-25/h5-6,8-9,18-19H,4,7,10-17H2,1-3H3. The minimum atomic E-state index is -3.54. The van der Waals surface area contributed by atoms with Crippen molar-refractivity contribution in [1.29, 1.82) is 0 Å². The molecule has 0 saturated carbocycles. The van der Waals surface area contributed by atoms with Crippen LogP contribution in [0.5, 0.6) is 11.5 Å². The van der Waals surface area contributed by atoms with Crippen LogP contribution in [0.3, 0.4) is 0 Å². The van der Waals surface area contributed by atoms with Gasteiger partial charge in [0, 0.05) is 45.7 Å². The van der Waals surface area contributed by atoms with Crippen LogP contribution in [-0.4, -0.2) is 92.5 Å². The maximum Gasteiger partial charge on any atom is 0.282 e. The van der Waals surface area contributed by atoms with Gasteiger partial charge in [0.05, 0.1) is 25.4 Å². The van der Waals surface area contributed by atoms with Crippen molar-refractivity contribution in [2.75, 3.05) is 52.5 Å².